The van der Waals surface area contributed by atoms with Gasteiger partial charge in [-0.3, -0.25) is 11.3 Å². The van der Waals surface area contributed by atoms with Crippen LogP contribution in [0.2, 0.25) is 0 Å². The van der Waals surface area contributed by atoms with E-state index in [-0.39, 0.29) is 5.41 Å². The second kappa shape index (κ2) is 4.96. The van der Waals surface area contributed by atoms with E-state index in [1.807, 2.05) is 0 Å². The van der Waals surface area contributed by atoms with Crippen molar-refractivity contribution in [3.63, 3.8) is 0 Å². The molecule has 0 aliphatic carbocycles. The minimum absolute atomic E-state index is 0.223. The molecule has 0 aromatic heterocycles. The van der Waals surface area contributed by atoms with Crippen LogP contribution in [0, 0.1) is 5.41 Å². The summed E-state index contributed by atoms with van der Waals surface area (Å²) in [4.78, 5) is 0. The van der Waals surface area contributed by atoms with Gasteiger partial charge in [-0.25, -0.2) is 0 Å². The molecule has 0 heterocycles. The lowest BCUT2D eigenvalue weighted by atomic mass is 9.85. The maximum absolute atomic E-state index is 5.58. The topological polar surface area (TPSA) is 38.0 Å². The number of hydrazine groups is 1. The van der Waals surface area contributed by atoms with E-state index in [2.05, 4.69) is 26.2 Å². The standard InChI is InChI=1S/C8H19ClN2/c1-8(2,3)7(11-10)5-4-6-9/h7,11H,4-6,10H2,1-3H3. The van der Waals surface area contributed by atoms with Crippen LogP contribution in [0.1, 0.15) is 33.6 Å². The summed E-state index contributed by atoms with van der Waals surface area (Å²) in [6.07, 6.45) is 2.07. The minimum Gasteiger partial charge on any atom is -0.271 e. The third kappa shape index (κ3) is 4.62. The number of rotatable bonds is 4. The number of hydrogen-bond acceptors (Lipinski definition) is 2. The molecule has 0 aliphatic rings. The van der Waals surface area contributed by atoms with E-state index in [1.165, 1.54) is 0 Å². The van der Waals surface area contributed by atoms with Gasteiger partial charge in [0.2, 0.25) is 0 Å². The summed E-state index contributed by atoms with van der Waals surface area (Å²) in [6, 6.07) is 0.362. The van der Waals surface area contributed by atoms with Crippen LogP contribution in [0.4, 0.5) is 0 Å². The molecule has 0 fully saturated rings. The van der Waals surface area contributed by atoms with Crippen molar-refractivity contribution in [3.8, 4) is 0 Å². The van der Waals surface area contributed by atoms with Gasteiger partial charge in [0.05, 0.1) is 0 Å². The van der Waals surface area contributed by atoms with E-state index in [0.29, 0.717) is 11.9 Å². The molecular weight excluding hydrogens is 160 g/mol. The lowest BCUT2D eigenvalue weighted by molar-refractivity contribution is 0.256. The Morgan fingerprint density at radius 2 is 2.00 bits per heavy atom. The summed E-state index contributed by atoms with van der Waals surface area (Å²) in [5.41, 5.74) is 3.04. The molecule has 0 aliphatic heterocycles. The Bertz CT molecular complexity index is 98.8. The summed E-state index contributed by atoms with van der Waals surface area (Å²) in [5, 5.41) is 0. The van der Waals surface area contributed by atoms with Gasteiger partial charge in [-0.05, 0) is 18.3 Å². The van der Waals surface area contributed by atoms with Crippen molar-refractivity contribution in [1.29, 1.82) is 0 Å². The van der Waals surface area contributed by atoms with Gasteiger partial charge >= 0.3 is 0 Å². The molecule has 0 aromatic carbocycles. The van der Waals surface area contributed by atoms with Crippen molar-refractivity contribution in [1.82, 2.24) is 5.43 Å². The Balaban J connectivity index is 3.76. The van der Waals surface area contributed by atoms with Crippen molar-refractivity contribution >= 4 is 11.6 Å². The predicted octanol–water partition coefficient (Wildman–Crippen LogP) is 1.88. The summed E-state index contributed by atoms with van der Waals surface area (Å²) in [5.74, 6) is 6.12. The molecule has 3 heteroatoms. The van der Waals surface area contributed by atoms with E-state index in [0.717, 1.165) is 12.8 Å². The van der Waals surface area contributed by atoms with Gasteiger partial charge in [-0.1, -0.05) is 20.8 Å². The van der Waals surface area contributed by atoms with Crippen LogP contribution in [0.15, 0.2) is 0 Å². The maximum Gasteiger partial charge on any atom is 0.0259 e. The summed E-state index contributed by atoms with van der Waals surface area (Å²) < 4.78 is 0. The van der Waals surface area contributed by atoms with Gasteiger partial charge in [0.15, 0.2) is 0 Å². The van der Waals surface area contributed by atoms with Crippen LogP contribution >= 0.6 is 11.6 Å². The Morgan fingerprint density at radius 3 is 2.27 bits per heavy atom. The third-order valence-electron chi connectivity index (χ3n) is 1.87. The van der Waals surface area contributed by atoms with Crippen molar-refractivity contribution in [2.75, 3.05) is 5.88 Å². The SMILES string of the molecule is CC(C)(C)C(CCCCl)NN. The van der Waals surface area contributed by atoms with Crippen LogP contribution in [0.3, 0.4) is 0 Å². The first-order valence-electron chi connectivity index (χ1n) is 4.04. The molecule has 68 valence electrons. The molecule has 11 heavy (non-hydrogen) atoms. The zero-order chi connectivity index (χ0) is 8.91. The molecule has 3 N–H and O–H groups in total. The Kier molecular flexibility index (Phi) is 5.06. The molecule has 0 spiro atoms. The van der Waals surface area contributed by atoms with Gasteiger partial charge in [-0.15, -0.1) is 11.6 Å². The van der Waals surface area contributed by atoms with Gasteiger partial charge in [0.1, 0.15) is 0 Å². The van der Waals surface area contributed by atoms with Crippen molar-refractivity contribution < 1.29 is 0 Å². The van der Waals surface area contributed by atoms with Crippen LogP contribution in [0.5, 0.6) is 0 Å². The normalized spacial score (nSPS) is 15.0. The minimum atomic E-state index is 0.223. The molecule has 1 unspecified atom stereocenters. The molecule has 1 atom stereocenters. The first kappa shape index (κ1) is 11.2. The first-order valence-corrected chi connectivity index (χ1v) is 4.58. The molecule has 2 nitrogen and oxygen atoms in total. The largest absolute Gasteiger partial charge is 0.271 e. The number of alkyl halides is 1. The average molecular weight is 179 g/mol. The number of halogens is 1. The molecular formula is C8H19ClN2. The second-order valence-corrected chi connectivity index (χ2v) is 4.29. The van der Waals surface area contributed by atoms with Crippen LogP contribution < -0.4 is 11.3 Å². The van der Waals surface area contributed by atoms with Crippen LogP contribution in [-0.2, 0) is 0 Å². The van der Waals surface area contributed by atoms with Crippen LogP contribution in [-0.4, -0.2) is 11.9 Å². The zero-order valence-electron chi connectivity index (χ0n) is 7.65. The first-order chi connectivity index (χ1) is 5.02. The highest BCUT2D eigenvalue weighted by Crippen LogP contribution is 2.22. The smallest absolute Gasteiger partial charge is 0.0259 e. The van der Waals surface area contributed by atoms with Crippen molar-refractivity contribution in [2.24, 2.45) is 11.3 Å². The molecule has 0 bridgehead atoms. The molecule has 0 aromatic rings. The fraction of sp³-hybridized carbons (Fsp3) is 1.00. The summed E-state index contributed by atoms with van der Waals surface area (Å²) >= 11 is 5.58. The highest BCUT2D eigenvalue weighted by Gasteiger charge is 2.22. The van der Waals surface area contributed by atoms with E-state index in [9.17, 15) is 0 Å². The monoisotopic (exact) mass is 178 g/mol. The number of nitrogens with two attached hydrogens (primary N) is 1. The Morgan fingerprint density at radius 1 is 1.45 bits per heavy atom. The number of nitrogens with one attached hydrogen (secondary N) is 1. The molecule has 0 radical (unpaired) electrons. The van der Waals surface area contributed by atoms with Crippen molar-refractivity contribution in [3.05, 3.63) is 0 Å². The van der Waals surface area contributed by atoms with Gasteiger partial charge in [0, 0.05) is 11.9 Å². The third-order valence-corrected chi connectivity index (χ3v) is 2.14. The molecule has 0 saturated carbocycles. The zero-order valence-corrected chi connectivity index (χ0v) is 8.41. The fourth-order valence-electron chi connectivity index (χ4n) is 1.05. The number of hydrogen-bond donors (Lipinski definition) is 2. The summed E-state index contributed by atoms with van der Waals surface area (Å²) in [7, 11) is 0. The molecule has 0 amide bonds. The lowest BCUT2D eigenvalue weighted by Crippen LogP contribution is -2.44. The Labute approximate surface area is 74.5 Å². The van der Waals surface area contributed by atoms with E-state index >= 15 is 0 Å². The van der Waals surface area contributed by atoms with E-state index in [4.69, 9.17) is 17.4 Å². The van der Waals surface area contributed by atoms with Gasteiger partial charge in [-0.2, -0.15) is 0 Å². The second-order valence-electron chi connectivity index (χ2n) is 3.92. The molecule has 0 rings (SSSR count). The quantitative estimate of drug-likeness (QED) is 0.392. The van der Waals surface area contributed by atoms with Crippen LogP contribution in [0.25, 0.3) is 0 Å². The van der Waals surface area contributed by atoms with E-state index in [1.54, 1.807) is 0 Å². The van der Waals surface area contributed by atoms with Crippen molar-refractivity contribution in [2.45, 2.75) is 39.7 Å². The van der Waals surface area contributed by atoms with E-state index < -0.39 is 0 Å². The fourth-order valence-corrected chi connectivity index (χ4v) is 1.20. The van der Waals surface area contributed by atoms with Gasteiger partial charge < -0.3 is 0 Å². The van der Waals surface area contributed by atoms with Gasteiger partial charge in [0.25, 0.3) is 0 Å². The highest BCUT2D eigenvalue weighted by molar-refractivity contribution is 6.17. The maximum atomic E-state index is 5.58. The summed E-state index contributed by atoms with van der Waals surface area (Å²) in [6.45, 7) is 6.52. The molecule has 0 saturated heterocycles. The average Bonchev–Trinajstić information content (AvgIpc) is 1.87. The lowest BCUT2D eigenvalue weighted by Gasteiger charge is -2.29. The highest BCUT2D eigenvalue weighted by atomic mass is 35.5. The Hall–Kier alpha value is 0.210. The predicted molar refractivity (Wildman–Crippen MR) is 50.5 cm³/mol.